The van der Waals surface area contributed by atoms with E-state index in [4.69, 9.17) is 19.5 Å². The summed E-state index contributed by atoms with van der Waals surface area (Å²) in [6.45, 7) is 7.80. The Labute approximate surface area is 185 Å². The highest BCUT2D eigenvalue weighted by Gasteiger charge is 2.21. The van der Waals surface area contributed by atoms with Crippen molar-refractivity contribution in [1.29, 1.82) is 0 Å². The summed E-state index contributed by atoms with van der Waals surface area (Å²) in [7, 11) is 7.62. The molecule has 0 atom stereocenters. The van der Waals surface area contributed by atoms with Crippen LogP contribution in [0.5, 0.6) is 5.75 Å². The van der Waals surface area contributed by atoms with Gasteiger partial charge in [-0.05, 0) is 51.8 Å². The molecular weight excluding hydrogens is 388 g/mol. The number of pyridine rings is 1. The van der Waals surface area contributed by atoms with Gasteiger partial charge >= 0.3 is 0 Å². The average Bonchev–Trinajstić information content (AvgIpc) is 2.77. The normalized spacial score (nSPS) is 15.8. The zero-order valence-electron chi connectivity index (χ0n) is 19.8. The Hall–Kier alpha value is -2.73. The summed E-state index contributed by atoms with van der Waals surface area (Å²) in [6.07, 6.45) is 3.85. The van der Waals surface area contributed by atoms with E-state index in [9.17, 15) is 0 Å². The largest absolute Gasteiger partial charge is 0.496 e. The van der Waals surface area contributed by atoms with Crippen molar-refractivity contribution in [2.24, 2.45) is 15.9 Å². The number of fused-ring (bicyclic) bond motifs is 1. The standard InChI is InChI=1S/C25H34N4O2/c1-16(2)24(17(3)26-4)21-14-22-19(13-23(21)30-7)12-20(15-27-22)28-25(29(5)6)18-8-10-31-11-9-18/h12-15,18H,8-11H2,1-7H3. The molecule has 6 heteroatoms. The van der Waals surface area contributed by atoms with Gasteiger partial charge in [0, 0.05) is 62.5 Å². The summed E-state index contributed by atoms with van der Waals surface area (Å²) >= 11 is 0. The third-order valence-corrected chi connectivity index (χ3v) is 5.74. The number of benzene rings is 1. The smallest absolute Gasteiger partial charge is 0.127 e. The molecule has 31 heavy (non-hydrogen) atoms. The zero-order valence-corrected chi connectivity index (χ0v) is 19.8. The second-order valence-electron chi connectivity index (χ2n) is 8.37. The number of aliphatic imine (C=N–C) groups is 2. The fourth-order valence-corrected chi connectivity index (χ4v) is 4.15. The van der Waals surface area contributed by atoms with Gasteiger partial charge in [0.05, 0.1) is 24.5 Å². The minimum absolute atomic E-state index is 0.410. The minimum atomic E-state index is 0.410. The summed E-state index contributed by atoms with van der Waals surface area (Å²) < 4.78 is 11.3. The van der Waals surface area contributed by atoms with E-state index in [1.807, 2.05) is 26.2 Å². The Kier molecular flexibility index (Phi) is 7.44. The van der Waals surface area contributed by atoms with E-state index in [0.717, 1.165) is 71.1 Å². The molecule has 1 aromatic heterocycles. The van der Waals surface area contributed by atoms with Gasteiger partial charge in [-0.2, -0.15) is 0 Å². The molecule has 1 fully saturated rings. The van der Waals surface area contributed by atoms with E-state index < -0.39 is 0 Å². The van der Waals surface area contributed by atoms with Crippen LogP contribution in [0.1, 0.15) is 39.2 Å². The van der Waals surface area contributed by atoms with Crippen LogP contribution in [0.2, 0.25) is 0 Å². The van der Waals surface area contributed by atoms with Crippen LogP contribution in [0.4, 0.5) is 5.69 Å². The summed E-state index contributed by atoms with van der Waals surface area (Å²) in [4.78, 5) is 16.2. The first-order valence-corrected chi connectivity index (χ1v) is 10.8. The lowest BCUT2D eigenvalue weighted by molar-refractivity contribution is 0.0806. The number of allylic oxidation sites excluding steroid dienone is 2. The van der Waals surface area contributed by atoms with Gasteiger partial charge in [-0.3, -0.25) is 9.98 Å². The topological polar surface area (TPSA) is 59.3 Å². The Morgan fingerprint density at radius 2 is 1.84 bits per heavy atom. The molecule has 0 aliphatic carbocycles. The van der Waals surface area contributed by atoms with Crippen LogP contribution in [0.25, 0.3) is 16.5 Å². The Balaban J connectivity index is 2.08. The third kappa shape index (κ3) is 5.13. The van der Waals surface area contributed by atoms with Crippen molar-refractivity contribution in [3.63, 3.8) is 0 Å². The van der Waals surface area contributed by atoms with E-state index >= 15 is 0 Å². The van der Waals surface area contributed by atoms with Crippen LogP contribution in [0.3, 0.4) is 0 Å². The SMILES string of the molecule is CN=C(C)C(=C(C)C)c1cc2ncc(N=C(C3CCOCC3)N(C)C)cc2cc1OC. The van der Waals surface area contributed by atoms with Gasteiger partial charge in [-0.15, -0.1) is 0 Å². The molecule has 1 aliphatic heterocycles. The van der Waals surface area contributed by atoms with E-state index in [0.29, 0.717) is 5.92 Å². The maximum Gasteiger partial charge on any atom is 0.127 e. The van der Waals surface area contributed by atoms with E-state index in [1.165, 1.54) is 5.57 Å². The highest BCUT2D eigenvalue weighted by atomic mass is 16.5. The van der Waals surface area contributed by atoms with Gasteiger partial charge in [0.25, 0.3) is 0 Å². The third-order valence-electron chi connectivity index (χ3n) is 5.74. The molecule has 0 saturated carbocycles. The maximum atomic E-state index is 5.76. The monoisotopic (exact) mass is 422 g/mol. The van der Waals surface area contributed by atoms with E-state index in [2.05, 4.69) is 50.0 Å². The lowest BCUT2D eigenvalue weighted by Gasteiger charge is -2.28. The number of nitrogens with zero attached hydrogens (tertiary/aromatic N) is 4. The molecule has 1 aromatic carbocycles. The van der Waals surface area contributed by atoms with Crippen molar-refractivity contribution < 1.29 is 9.47 Å². The van der Waals surface area contributed by atoms with Crippen LogP contribution in [0, 0.1) is 5.92 Å². The molecule has 0 N–H and O–H groups in total. The second-order valence-corrected chi connectivity index (χ2v) is 8.37. The predicted molar refractivity (Wildman–Crippen MR) is 130 cm³/mol. The van der Waals surface area contributed by atoms with Crippen LogP contribution >= 0.6 is 0 Å². The van der Waals surface area contributed by atoms with Gasteiger partial charge in [-0.1, -0.05) is 5.57 Å². The van der Waals surface area contributed by atoms with Crippen molar-refractivity contribution in [3.8, 4) is 5.75 Å². The molecule has 1 aliphatic rings. The van der Waals surface area contributed by atoms with Gasteiger partial charge in [-0.25, -0.2) is 4.99 Å². The van der Waals surface area contributed by atoms with Crippen molar-refractivity contribution >= 4 is 33.7 Å². The number of hydrogen-bond donors (Lipinski definition) is 0. The van der Waals surface area contributed by atoms with Crippen LogP contribution in [-0.2, 0) is 4.74 Å². The van der Waals surface area contributed by atoms with Gasteiger partial charge in [0.2, 0.25) is 0 Å². The summed E-state index contributed by atoms with van der Waals surface area (Å²) in [5.41, 5.74) is 6.04. The molecule has 1 saturated heterocycles. The summed E-state index contributed by atoms with van der Waals surface area (Å²) in [5, 5.41) is 1.01. The number of ether oxygens (including phenoxy) is 2. The molecule has 0 bridgehead atoms. The van der Waals surface area contributed by atoms with Crippen molar-refractivity contribution in [2.45, 2.75) is 33.6 Å². The van der Waals surface area contributed by atoms with Gasteiger partial charge in [0.1, 0.15) is 11.6 Å². The van der Waals surface area contributed by atoms with Gasteiger partial charge in [0.15, 0.2) is 0 Å². The van der Waals surface area contributed by atoms with Crippen molar-refractivity contribution in [3.05, 3.63) is 35.5 Å². The molecule has 0 unspecified atom stereocenters. The molecule has 0 radical (unpaired) electrons. The minimum Gasteiger partial charge on any atom is -0.496 e. The highest BCUT2D eigenvalue weighted by Crippen LogP contribution is 2.34. The van der Waals surface area contributed by atoms with Gasteiger partial charge < -0.3 is 14.4 Å². The molecule has 6 nitrogen and oxygen atoms in total. The molecule has 3 rings (SSSR count). The van der Waals surface area contributed by atoms with Crippen molar-refractivity contribution in [1.82, 2.24) is 9.88 Å². The zero-order chi connectivity index (χ0) is 22.5. The number of rotatable bonds is 5. The predicted octanol–water partition coefficient (Wildman–Crippen LogP) is 5.15. The molecule has 2 aromatic rings. The fraction of sp³-hybridized carbons (Fsp3) is 0.480. The highest BCUT2D eigenvalue weighted by molar-refractivity contribution is 6.24. The Morgan fingerprint density at radius 3 is 2.42 bits per heavy atom. The summed E-state index contributed by atoms with van der Waals surface area (Å²) in [5.74, 6) is 2.30. The number of aromatic nitrogens is 1. The molecular formula is C25H34N4O2. The lowest BCUT2D eigenvalue weighted by Crippen LogP contribution is -2.33. The average molecular weight is 423 g/mol. The van der Waals surface area contributed by atoms with Crippen LogP contribution < -0.4 is 4.74 Å². The maximum absolute atomic E-state index is 5.76. The molecule has 166 valence electrons. The molecule has 0 spiro atoms. The van der Waals surface area contributed by atoms with Crippen LogP contribution in [-0.4, -0.2) is 62.9 Å². The first-order chi connectivity index (χ1) is 14.8. The molecule has 2 heterocycles. The fourth-order valence-electron chi connectivity index (χ4n) is 4.15. The second kappa shape index (κ2) is 10.1. The number of amidine groups is 1. The van der Waals surface area contributed by atoms with Crippen LogP contribution in [0.15, 0.2) is 40.0 Å². The number of methoxy groups -OCH3 is 1. The first kappa shape index (κ1) is 22.9. The first-order valence-electron chi connectivity index (χ1n) is 10.8. The lowest BCUT2D eigenvalue weighted by atomic mass is 9.95. The van der Waals surface area contributed by atoms with Crippen molar-refractivity contribution in [2.75, 3.05) is 41.5 Å². The Bertz CT molecular complexity index is 1030. The number of hydrogen-bond acceptors (Lipinski definition) is 5. The molecule has 0 amide bonds. The van der Waals surface area contributed by atoms with E-state index in [1.54, 1.807) is 7.11 Å². The summed E-state index contributed by atoms with van der Waals surface area (Å²) in [6, 6.07) is 6.22. The quantitative estimate of drug-likeness (QED) is 0.494. The van der Waals surface area contributed by atoms with E-state index in [-0.39, 0.29) is 0 Å². The Morgan fingerprint density at radius 1 is 1.13 bits per heavy atom.